The first-order valence-corrected chi connectivity index (χ1v) is 7.59. The number of halogens is 1. The standard InChI is InChI=1S/C14H14ClN3S/c15-10-3-5-11(6-4-10)19-8-14-17-12(9-1-2-9)7-13(16)18-14/h3-7,9H,1-2,8H2,(H2,16,17,18). The molecule has 1 fully saturated rings. The smallest absolute Gasteiger partial charge is 0.141 e. The fourth-order valence-corrected chi connectivity index (χ4v) is 2.75. The van der Waals surface area contributed by atoms with Gasteiger partial charge < -0.3 is 5.73 Å². The third-order valence-corrected chi connectivity index (χ3v) is 4.25. The number of nitrogen functional groups attached to an aromatic ring is 1. The predicted octanol–water partition coefficient (Wildman–Crippen LogP) is 3.88. The van der Waals surface area contributed by atoms with Crippen LogP contribution in [0.3, 0.4) is 0 Å². The van der Waals surface area contributed by atoms with Crippen LogP contribution in [0.4, 0.5) is 5.82 Å². The summed E-state index contributed by atoms with van der Waals surface area (Å²) in [7, 11) is 0. The molecule has 1 heterocycles. The van der Waals surface area contributed by atoms with Crippen molar-refractivity contribution < 1.29 is 0 Å². The van der Waals surface area contributed by atoms with Crippen molar-refractivity contribution >= 4 is 29.2 Å². The fraction of sp³-hybridized carbons (Fsp3) is 0.286. The second-order valence-electron chi connectivity index (χ2n) is 4.65. The maximum Gasteiger partial charge on any atom is 0.141 e. The Labute approximate surface area is 121 Å². The zero-order valence-electron chi connectivity index (χ0n) is 10.3. The molecule has 1 aliphatic carbocycles. The lowest BCUT2D eigenvalue weighted by atomic mass is 10.3. The summed E-state index contributed by atoms with van der Waals surface area (Å²) in [5.74, 6) is 2.71. The lowest BCUT2D eigenvalue weighted by molar-refractivity contribution is 0.937. The van der Waals surface area contributed by atoms with E-state index in [-0.39, 0.29) is 0 Å². The van der Waals surface area contributed by atoms with Crippen molar-refractivity contribution in [1.29, 1.82) is 0 Å². The third-order valence-electron chi connectivity index (χ3n) is 2.99. The Hall–Kier alpha value is -1.26. The van der Waals surface area contributed by atoms with Crippen LogP contribution in [-0.4, -0.2) is 9.97 Å². The monoisotopic (exact) mass is 291 g/mol. The lowest BCUT2D eigenvalue weighted by Crippen LogP contribution is -2.01. The minimum absolute atomic E-state index is 0.573. The molecule has 2 aromatic rings. The van der Waals surface area contributed by atoms with E-state index in [4.69, 9.17) is 17.3 Å². The van der Waals surface area contributed by atoms with Gasteiger partial charge >= 0.3 is 0 Å². The Bertz CT molecular complexity index is 582. The van der Waals surface area contributed by atoms with E-state index in [0.29, 0.717) is 11.7 Å². The van der Waals surface area contributed by atoms with Crippen LogP contribution >= 0.6 is 23.4 Å². The largest absolute Gasteiger partial charge is 0.384 e. The second-order valence-corrected chi connectivity index (χ2v) is 6.14. The van der Waals surface area contributed by atoms with E-state index in [1.807, 2.05) is 30.3 Å². The predicted molar refractivity (Wildman–Crippen MR) is 79.4 cm³/mol. The molecule has 0 aliphatic heterocycles. The van der Waals surface area contributed by atoms with Gasteiger partial charge in [-0.05, 0) is 37.1 Å². The Morgan fingerprint density at radius 2 is 1.95 bits per heavy atom. The average Bonchev–Trinajstić information content (AvgIpc) is 3.22. The van der Waals surface area contributed by atoms with Gasteiger partial charge in [0.2, 0.25) is 0 Å². The van der Waals surface area contributed by atoms with E-state index in [0.717, 1.165) is 27.2 Å². The summed E-state index contributed by atoms with van der Waals surface area (Å²) in [4.78, 5) is 10.0. The Morgan fingerprint density at radius 1 is 1.21 bits per heavy atom. The van der Waals surface area contributed by atoms with Crippen molar-refractivity contribution in [2.45, 2.75) is 29.4 Å². The van der Waals surface area contributed by atoms with E-state index in [2.05, 4.69) is 9.97 Å². The molecule has 1 aliphatic rings. The summed E-state index contributed by atoms with van der Waals surface area (Å²) in [5, 5.41) is 0.751. The van der Waals surface area contributed by atoms with Crippen molar-refractivity contribution in [3.63, 3.8) is 0 Å². The summed E-state index contributed by atoms with van der Waals surface area (Å²) in [5.41, 5.74) is 6.93. The van der Waals surface area contributed by atoms with E-state index in [1.165, 1.54) is 12.8 Å². The highest BCUT2D eigenvalue weighted by atomic mass is 35.5. The maximum atomic E-state index is 5.86. The fourth-order valence-electron chi connectivity index (χ4n) is 1.87. The zero-order valence-corrected chi connectivity index (χ0v) is 11.9. The van der Waals surface area contributed by atoms with Crippen LogP contribution in [0.15, 0.2) is 35.2 Å². The first-order valence-electron chi connectivity index (χ1n) is 6.22. The molecule has 1 aromatic carbocycles. The van der Waals surface area contributed by atoms with Gasteiger partial charge in [0.15, 0.2) is 0 Å². The molecule has 5 heteroatoms. The molecule has 0 radical (unpaired) electrons. The molecular weight excluding hydrogens is 278 g/mol. The molecule has 3 rings (SSSR count). The quantitative estimate of drug-likeness (QED) is 0.869. The first-order chi connectivity index (χ1) is 9.20. The van der Waals surface area contributed by atoms with E-state index < -0.39 is 0 Å². The molecule has 0 unspecified atom stereocenters. The van der Waals surface area contributed by atoms with Crippen LogP contribution < -0.4 is 5.73 Å². The number of hydrogen-bond donors (Lipinski definition) is 1. The molecule has 1 aromatic heterocycles. The molecule has 1 saturated carbocycles. The number of anilines is 1. The molecule has 2 N–H and O–H groups in total. The molecule has 0 atom stereocenters. The average molecular weight is 292 g/mol. The minimum Gasteiger partial charge on any atom is -0.384 e. The van der Waals surface area contributed by atoms with Gasteiger partial charge in [0.25, 0.3) is 0 Å². The van der Waals surface area contributed by atoms with Crippen LogP contribution in [0.1, 0.15) is 30.3 Å². The van der Waals surface area contributed by atoms with Crippen LogP contribution in [-0.2, 0) is 5.75 Å². The summed E-state index contributed by atoms with van der Waals surface area (Å²) in [6, 6.07) is 9.68. The lowest BCUT2D eigenvalue weighted by Gasteiger charge is -2.05. The van der Waals surface area contributed by atoms with Crippen molar-refractivity contribution in [3.8, 4) is 0 Å². The van der Waals surface area contributed by atoms with E-state index >= 15 is 0 Å². The van der Waals surface area contributed by atoms with Crippen LogP contribution in [0.25, 0.3) is 0 Å². The van der Waals surface area contributed by atoms with Crippen molar-refractivity contribution in [2.75, 3.05) is 5.73 Å². The van der Waals surface area contributed by atoms with Crippen LogP contribution in [0, 0.1) is 0 Å². The molecular formula is C14H14ClN3S. The van der Waals surface area contributed by atoms with Gasteiger partial charge in [0.1, 0.15) is 11.6 Å². The molecule has 3 nitrogen and oxygen atoms in total. The third kappa shape index (κ3) is 3.39. The molecule has 19 heavy (non-hydrogen) atoms. The highest BCUT2D eigenvalue weighted by molar-refractivity contribution is 7.98. The second kappa shape index (κ2) is 5.39. The summed E-state index contributed by atoms with van der Waals surface area (Å²) in [6.45, 7) is 0. The van der Waals surface area contributed by atoms with E-state index in [9.17, 15) is 0 Å². The van der Waals surface area contributed by atoms with Crippen molar-refractivity contribution in [2.24, 2.45) is 0 Å². The van der Waals surface area contributed by atoms with Gasteiger partial charge in [-0.25, -0.2) is 9.97 Å². The molecule has 0 saturated heterocycles. The summed E-state index contributed by atoms with van der Waals surface area (Å²) in [6.07, 6.45) is 2.44. The van der Waals surface area contributed by atoms with Gasteiger partial charge in [-0.2, -0.15) is 0 Å². The van der Waals surface area contributed by atoms with Gasteiger partial charge in [0, 0.05) is 27.6 Å². The first kappa shape index (κ1) is 12.8. The number of benzene rings is 1. The van der Waals surface area contributed by atoms with Crippen molar-refractivity contribution in [1.82, 2.24) is 9.97 Å². The molecule has 0 amide bonds. The van der Waals surface area contributed by atoms with E-state index in [1.54, 1.807) is 11.8 Å². The Kier molecular flexibility index (Phi) is 3.62. The number of thioether (sulfide) groups is 1. The molecule has 0 spiro atoms. The number of aromatic nitrogens is 2. The number of hydrogen-bond acceptors (Lipinski definition) is 4. The normalized spacial score (nSPS) is 14.6. The van der Waals surface area contributed by atoms with Gasteiger partial charge in [-0.1, -0.05) is 11.6 Å². The highest BCUT2D eigenvalue weighted by Gasteiger charge is 2.25. The molecule has 0 bridgehead atoms. The van der Waals surface area contributed by atoms with Crippen molar-refractivity contribution in [3.05, 3.63) is 46.9 Å². The Balaban J connectivity index is 1.70. The number of nitrogens with two attached hydrogens (primary N) is 1. The van der Waals surface area contributed by atoms with Crippen LogP contribution in [0.2, 0.25) is 5.02 Å². The molecule has 98 valence electrons. The summed E-state index contributed by atoms with van der Waals surface area (Å²) < 4.78 is 0. The zero-order chi connectivity index (χ0) is 13.2. The van der Waals surface area contributed by atoms with Crippen LogP contribution in [0.5, 0.6) is 0 Å². The number of nitrogens with zero attached hydrogens (tertiary/aromatic N) is 2. The van der Waals surface area contributed by atoms with Gasteiger partial charge in [-0.15, -0.1) is 11.8 Å². The number of rotatable bonds is 4. The highest BCUT2D eigenvalue weighted by Crippen LogP contribution is 2.39. The minimum atomic E-state index is 0.573. The maximum absolute atomic E-state index is 5.86. The van der Waals surface area contributed by atoms with Gasteiger partial charge in [0.05, 0.1) is 5.75 Å². The Morgan fingerprint density at radius 3 is 2.63 bits per heavy atom. The SMILES string of the molecule is Nc1cc(C2CC2)nc(CSc2ccc(Cl)cc2)n1. The topological polar surface area (TPSA) is 51.8 Å². The summed E-state index contributed by atoms with van der Waals surface area (Å²) >= 11 is 7.55. The van der Waals surface area contributed by atoms with Gasteiger partial charge in [-0.3, -0.25) is 0 Å².